The van der Waals surface area contributed by atoms with Gasteiger partial charge in [0.05, 0.1) is 6.10 Å². The molecule has 0 spiro atoms. The Balaban J connectivity index is 1.98. The van der Waals surface area contributed by atoms with Crippen LogP contribution in [-0.2, 0) is 4.74 Å². The van der Waals surface area contributed by atoms with Crippen molar-refractivity contribution in [1.82, 2.24) is 0 Å². The van der Waals surface area contributed by atoms with Crippen LogP contribution in [0, 0.1) is 18.7 Å². The van der Waals surface area contributed by atoms with Crippen LogP contribution < -0.4 is 0 Å². The average Bonchev–Trinajstić information content (AvgIpc) is 2.34. The van der Waals surface area contributed by atoms with Crippen molar-refractivity contribution >= 4 is 0 Å². The van der Waals surface area contributed by atoms with Crippen LogP contribution in [0.5, 0.6) is 0 Å². The van der Waals surface area contributed by atoms with E-state index in [0.717, 1.165) is 26.1 Å². The Morgan fingerprint density at radius 3 is 2.76 bits per heavy atom. The third kappa shape index (κ3) is 3.27. The van der Waals surface area contributed by atoms with Gasteiger partial charge in [-0.25, -0.2) is 4.39 Å². The van der Waals surface area contributed by atoms with Crippen LogP contribution in [-0.4, -0.2) is 18.3 Å². The Hall–Kier alpha value is -0.930. The number of ether oxygens (including phenoxy) is 1. The van der Waals surface area contributed by atoms with Crippen molar-refractivity contribution in [2.24, 2.45) is 5.92 Å². The minimum atomic E-state index is -0.562. The van der Waals surface area contributed by atoms with Gasteiger partial charge in [-0.15, -0.1) is 0 Å². The average molecular weight is 238 g/mol. The van der Waals surface area contributed by atoms with Crippen molar-refractivity contribution in [2.45, 2.75) is 32.3 Å². The van der Waals surface area contributed by atoms with Gasteiger partial charge in [-0.3, -0.25) is 0 Å². The minimum Gasteiger partial charge on any atom is -0.388 e. The Morgan fingerprint density at radius 1 is 1.41 bits per heavy atom. The van der Waals surface area contributed by atoms with Crippen molar-refractivity contribution in [3.05, 3.63) is 35.1 Å². The number of benzene rings is 1. The highest BCUT2D eigenvalue weighted by Crippen LogP contribution is 2.28. The molecule has 1 aromatic carbocycles. The predicted molar refractivity (Wildman–Crippen MR) is 64.3 cm³/mol. The molecule has 1 fully saturated rings. The van der Waals surface area contributed by atoms with Crippen molar-refractivity contribution in [3.63, 3.8) is 0 Å². The molecular weight excluding hydrogens is 219 g/mol. The minimum absolute atomic E-state index is 0.242. The highest BCUT2D eigenvalue weighted by atomic mass is 19.1. The second-order valence-corrected chi connectivity index (χ2v) is 4.82. The fourth-order valence-corrected chi connectivity index (χ4v) is 2.25. The maximum atomic E-state index is 13.4. The van der Waals surface area contributed by atoms with Gasteiger partial charge in [0.1, 0.15) is 5.82 Å². The largest absolute Gasteiger partial charge is 0.388 e. The van der Waals surface area contributed by atoms with E-state index in [1.54, 1.807) is 13.0 Å². The molecule has 94 valence electrons. The second-order valence-electron chi connectivity index (χ2n) is 4.82. The number of halogens is 1. The van der Waals surface area contributed by atoms with Crippen molar-refractivity contribution in [2.75, 3.05) is 13.2 Å². The molecule has 0 aliphatic carbocycles. The maximum Gasteiger partial charge on any atom is 0.126 e. The van der Waals surface area contributed by atoms with E-state index >= 15 is 0 Å². The summed E-state index contributed by atoms with van der Waals surface area (Å²) in [6.07, 6.45) is 2.12. The van der Waals surface area contributed by atoms with E-state index in [4.69, 9.17) is 4.74 Å². The summed E-state index contributed by atoms with van der Waals surface area (Å²) in [5, 5.41) is 10.1. The molecule has 2 rings (SSSR count). The molecule has 1 unspecified atom stereocenters. The van der Waals surface area contributed by atoms with Crippen LogP contribution in [0.2, 0.25) is 0 Å². The molecule has 0 amide bonds. The van der Waals surface area contributed by atoms with Gasteiger partial charge >= 0.3 is 0 Å². The fraction of sp³-hybridized carbons (Fsp3) is 0.571. The van der Waals surface area contributed by atoms with Gasteiger partial charge in [0.2, 0.25) is 0 Å². The summed E-state index contributed by atoms with van der Waals surface area (Å²) in [6, 6.07) is 4.97. The molecule has 1 aliphatic heterocycles. The molecule has 0 bridgehead atoms. The number of aliphatic hydroxyl groups excluding tert-OH is 1. The molecule has 17 heavy (non-hydrogen) atoms. The third-order valence-electron chi connectivity index (χ3n) is 3.48. The van der Waals surface area contributed by atoms with Gasteiger partial charge in [-0.2, -0.15) is 0 Å². The summed E-state index contributed by atoms with van der Waals surface area (Å²) in [5.41, 5.74) is 1.30. The van der Waals surface area contributed by atoms with Gasteiger partial charge in [0.15, 0.2) is 0 Å². The Labute approximate surface area is 101 Å². The van der Waals surface area contributed by atoms with E-state index in [0.29, 0.717) is 23.5 Å². The highest BCUT2D eigenvalue weighted by Gasteiger charge is 2.19. The maximum absolute atomic E-state index is 13.4. The highest BCUT2D eigenvalue weighted by molar-refractivity contribution is 5.24. The van der Waals surface area contributed by atoms with Crippen LogP contribution in [0.4, 0.5) is 4.39 Å². The Morgan fingerprint density at radius 2 is 2.12 bits per heavy atom. The third-order valence-corrected chi connectivity index (χ3v) is 3.48. The number of hydrogen-bond donors (Lipinski definition) is 1. The normalized spacial score (nSPS) is 19.2. The first-order valence-electron chi connectivity index (χ1n) is 6.18. The molecule has 0 aromatic heterocycles. The van der Waals surface area contributed by atoms with Crippen LogP contribution in [0.25, 0.3) is 0 Å². The predicted octanol–water partition coefficient (Wildman–Crippen LogP) is 2.98. The van der Waals surface area contributed by atoms with Crippen LogP contribution >= 0.6 is 0 Å². The molecule has 1 heterocycles. The molecule has 1 aromatic rings. The number of hydrogen-bond acceptors (Lipinski definition) is 2. The lowest BCUT2D eigenvalue weighted by Gasteiger charge is -2.24. The second kappa shape index (κ2) is 5.61. The molecule has 0 radical (unpaired) electrons. The monoisotopic (exact) mass is 238 g/mol. The topological polar surface area (TPSA) is 29.5 Å². The first-order valence-corrected chi connectivity index (χ1v) is 6.18. The lowest BCUT2D eigenvalue weighted by Crippen LogP contribution is -2.18. The Bertz CT molecular complexity index is 372. The molecule has 3 heteroatoms. The zero-order valence-electron chi connectivity index (χ0n) is 10.2. The van der Waals surface area contributed by atoms with Crippen LogP contribution in [0.3, 0.4) is 0 Å². The van der Waals surface area contributed by atoms with Gasteiger partial charge in [0, 0.05) is 13.2 Å². The lowest BCUT2D eigenvalue weighted by atomic mass is 9.91. The first-order chi connectivity index (χ1) is 8.16. The number of aliphatic hydroxyl groups is 1. The van der Waals surface area contributed by atoms with E-state index in [1.165, 1.54) is 6.07 Å². The van der Waals surface area contributed by atoms with E-state index in [1.807, 2.05) is 6.07 Å². The number of rotatable bonds is 3. The summed E-state index contributed by atoms with van der Waals surface area (Å²) in [4.78, 5) is 0. The fourth-order valence-electron chi connectivity index (χ4n) is 2.25. The smallest absolute Gasteiger partial charge is 0.126 e. The standard InChI is InChI=1S/C14H19FO2/c1-10-2-3-12(9-13(10)15)14(16)8-11-4-6-17-7-5-11/h2-3,9,11,14,16H,4-8H2,1H3. The SMILES string of the molecule is Cc1ccc(C(O)CC2CCOCC2)cc1F. The number of aryl methyl sites for hydroxylation is 1. The van der Waals surface area contributed by atoms with Gasteiger partial charge in [0.25, 0.3) is 0 Å². The van der Waals surface area contributed by atoms with Crippen LogP contribution in [0.1, 0.15) is 36.5 Å². The van der Waals surface area contributed by atoms with Crippen molar-refractivity contribution in [3.8, 4) is 0 Å². The summed E-state index contributed by atoms with van der Waals surface area (Å²) >= 11 is 0. The zero-order chi connectivity index (χ0) is 12.3. The van der Waals surface area contributed by atoms with E-state index in [9.17, 15) is 9.50 Å². The van der Waals surface area contributed by atoms with E-state index < -0.39 is 6.10 Å². The summed E-state index contributed by atoms with van der Waals surface area (Å²) in [6.45, 7) is 3.28. The Kier molecular flexibility index (Phi) is 4.13. The quantitative estimate of drug-likeness (QED) is 0.877. The molecule has 1 aliphatic rings. The molecule has 1 saturated heterocycles. The van der Waals surface area contributed by atoms with Gasteiger partial charge < -0.3 is 9.84 Å². The van der Waals surface area contributed by atoms with E-state index in [-0.39, 0.29) is 5.82 Å². The van der Waals surface area contributed by atoms with Crippen molar-refractivity contribution in [1.29, 1.82) is 0 Å². The first kappa shape index (κ1) is 12.5. The van der Waals surface area contributed by atoms with E-state index in [2.05, 4.69) is 0 Å². The van der Waals surface area contributed by atoms with Crippen molar-refractivity contribution < 1.29 is 14.2 Å². The summed E-state index contributed by atoms with van der Waals surface area (Å²) in [7, 11) is 0. The van der Waals surface area contributed by atoms with Gasteiger partial charge in [-0.1, -0.05) is 12.1 Å². The molecule has 1 N–H and O–H groups in total. The molecule has 2 nitrogen and oxygen atoms in total. The molecular formula is C14H19FO2. The summed E-state index contributed by atoms with van der Waals surface area (Å²) < 4.78 is 18.7. The molecule has 0 saturated carbocycles. The molecule has 1 atom stereocenters. The zero-order valence-corrected chi connectivity index (χ0v) is 10.2. The van der Waals surface area contributed by atoms with Crippen LogP contribution in [0.15, 0.2) is 18.2 Å². The summed E-state index contributed by atoms with van der Waals surface area (Å²) in [5.74, 6) is 0.247. The van der Waals surface area contributed by atoms with Gasteiger partial charge in [-0.05, 0) is 49.3 Å². The lowest BCUT2D eigenvalue weighted by molar-refractivity contribution is 0.0434.